The molecule has 2 amide bonds. The van der Waals surface area contributed by atoms with Crippen LogP contribution in [0.25, 0.3) is 0 Å². The largest absolute Gasteiger partial charge is 0.497 e. The number of amides is 2. The normalized spacial score (nSPS) is 17.3. The van der Waals surface area contributed by atoms with Crippen molar-refractivity contribution >= 4 is 17.7 Å². The van der Waals surface area contributed by atoms with Crippen LogP contribution in [-0.2, 0) is 11.3 Å². The molecule has 1 N–H and O–H groups in total. The SMILES string of the molecule is COc1ccc(CN2CCN(C(=O)Oc3ccc(NC(=O)CC4CCCCC4)cc3)CC2)cc1. The van der Waals surface area contributed by atoms with E-state index in [-0.39, 0.29) is 12.0 Å². The van der Waals surface area contributed by atoms with Gasteiger partial charge in [-0.15, -0.1) is 0 Å². The zero-order valence-corrected chi connectivity index (χ0v) is 20.0. The van der Waals surface area contributed by atoms with Crippen molar-refractivity contribution in [1.29, 1.82) is 0 Å². The van der Waals surface area contributed by atoms with Gasteiger partial charge < -0.3 is 19.7 Å². The van der Waals surface area contributed by atoms with Crippen molar-refractivity contribution in [2.75, 3.05) is 38.6 Å². The average molecular weight is 466 g/mol. The smallest absolute Gasteiger partial charge is 0.415 e. The highest BCUT2D eigenvalue weighted by atomic mass is 16.6. The summed E-state index contributed by atoms with van der Waals surface area (Å²) in [4.78, 5) is 29.0. The number of carbonyl (C=O) groups is 2. The monoisotopic (exact) mass is 465 g/mol. The van der Waals surface area contributed by atoms with Gasteiger partial charge in [0.25, 0.3) is 0 Å². The minimum atomic E-state index is -0.335. The molecule has 0 spiro atoms. The van der Waals surface area contributed by atoms with Crippen molar-refractivity contribution in [2.45, 2.75) is 45.1 Å². The van der Waals surface area contributed by atoms with Crippen LogP contribution in [0.15, 0.2) is 48.5 Å². The minimum Gasteiger partial charge on any atom is -0.497 e. The van der Waals surface area contributed by atoms with Gasteiger partial charge in [-0.2, -0.15) is 0 Å². The second-order valence-corrected chi connectivity index (χ2v) is 9.26. The van der Waals surface area contributed by atoms with E-state index in [1.165, 1.54) is 24.8 Å². The summed E-state index contributed by atoms with van der Waals surface area (Å²) >= 11 is 0. The van der Waals surface area contributed by atoms with Crippen LogP contribution in [0.1, 0.15) is 44.1 Å². The number of nitrogens with one attached hydrogen (secondary N) is 1. The molecule has 2 aromatic carbocycles. The van der Waals surface area contributed by atoms with Gasteiger partial charge in [0.2, 0.25) is 5.91 Å². The summed E-state index contributed by atoms with van der Waals surface area (Å²) in [5.41, 5.74) is 1.95. The van der Waals surface area contributed by atoms with E-state index in [2.05, 4.69) is 22.3 Å². The third kappa shape index (κ3) is 6.97. The summed E-state index contributed by atoms with van der Waals surface area (Å²) in [5.74, 6) is 1.90. The number of nitrogens with zero attached hydrogens (tertiary/aromatic N) is 2. The highest BCUT2D eigenvalue weighted by molar-refractivity contribution is 5.90. The van der Waals surface area contributed by atoms with Gasteiger partial charge in [0.15, 0.2) is 0 Å². The third-order valence-corrected chi connectivity index (χ3v) is 6.74. The molecule has 1 aliphatic carbocycles. The number of anilines is 1. The van der Waals surface area contributed by atoms with E-state index >= 15 is 0 Å². The van der Waals surface area contributed by atoms with Crippen molar-refractivity contribution in [1.82, 2.24) is 9.80 Å². The molecular formula is C27H35N3O4. The zero-order valence-electron chi connectivity index (χ0n) is 20.0. The number of piperazine rings is 1. The summed E-state index contributed by atoms with van der Waals surface area (Å²) in [5, 5.41) is 2.96. The van der Waals surface area contributed by atoms with Gasteiger partial charge in [0.1, 0.15) is 11.5 Å². The molecule has 2 fully saturated rings. The van der Waals surface area contributed by atoms with Crippen LogP contribution < -0.4 is 14.8 Å². The molecule has 0 radical (unpaired) electrons. The quantitative estimate of drug-likeness (QED) is 0.628. The maximum absolute atomic E-state index is 12.6. The minimum absolute atomic E-state index is 0.0594. The second kappa shape index (κ2) is 11.9. The fraction of sp³-hybridized carbons (Fsp3) is 0.481. The first-order valence-corrected chi connectivity index (χ1v) is 12.3. The number of carbonyl (C=O) groups excluding carboxylic acids is 2. The lowest BCUT2D eigenvalue weighted by molar-refractivity contribution is -0.117. The summed E-state index contributed by atoms with van der Waals surface area (Å²) in [6.45, 7) is 3.70. The predicted octanol–water partition coefficient (Wildman–Crippen LogP) is 4.92. The molecule has 1 aliphatic heterocycles. The molecule has 2 aromatic rings. The summed E-state index contributed by atoms with van der Waals surface area (Å²) < 4.78 is 10.8. The molecule has 2 aliphatic rings. The lowest BCUT2D eigenvalue weighted by atomic mass is 9.87. The predicted molar refractivity (Wildman–Crippen MR) is 132 cm³/mol. The molecule has 0 atom stereocenters. The molecule has 1 heterocycles. The van der Waals surface area contributed by atoms with Crippen molar-refractivity contribution < 1.29 is 19.1 Å². The Bertz CT molecular complexity index is 931. The van der Waals surface area contributed by atoms with Crippen molar-refractivity contribution in [3.05, 3.63) is 54.1 Å². The first kappa shape index (κ1) is 24.1. The summed E-state index contributed by atoms with van der Waals surface area (Å²) in [6.07, 6.45) is 6.30. The van der Waals surface area contributed by atoms with E-state index in [1.54, 1.807) is 36.3 Å². The first-order valence-electron chi connectivity index (χ1n) is 12.3. The molecule has 0 bridgehead atoms. The van der Waals surface area contributed by atoms with E-state index in [0.29, 0.717) is 31.2 Å². The molecule has 0 aromatic heterocycles. The van der Waals surface area contributed by atoms with Gasteiger partial charge in [-0.1, -0.05) is 31.4 Å². The van der Waals surface area contributed by atoms with E-state index in [9.17, 15) is 9.59 Å². The summed E-state index contributed by atoms with van der Waals surface area (Å²) in [6, 6.07) is 15.1. The van der Waals surface area contributed by atoms with Crippen LogP contribution in [0, 0.1) is 5.92 Å². The van der Waals surface area contributed by atoms with E-state index in [4.69, 9.17) is 9.47 Å². The number of ether oxygens (including phenoxy) is 2. The first-order chi connectivity index (χ1) is 16.6. The molecule has 1 saturated heterocycles. The maximum Gasteiger partial charge on any atom is 0.415 e. The Morgan fingerprint density at radius 1 is 0.882 bits per heavy atom. The molecule has 7 nitrogen and oxygen atoms in total. The van der Waals surface area contributed by atoms with Crippen molar-refractivity contribution in [3.63, 3.8) is 0 Å². The van der Waals surface area contributed by atoms with Crippen LogP contribution >= 0.6 is 0 Å². The number of hydrogen-bond donors (Lipinski definition) is 1. The molecule has 0 unspecified atom stereocenters. The van der Waals surface area contributed by atoms with Crippen LogP contribution in [0.2, 0.25) is 0 Å². The highest BCUT2D eigenvalue weighted by Crippen LogP contribution is 2.27. The Balaban J connectivity index is 1.19. The van der Waals surface area contributed by atoms with Crippen LogP contribution in [0.4, 0.5) is 10.5 Å². The van der Waals surface area contributed by atoms with E-state index in [0.717, 1.165) is 43.9 Å². The highest BCUT2D eigenvalue weighted by Gasteiger charge is 2.23. The van der Waals surface area contributed by atoms with Gasteiger partial charge in [-0.3, -0.25) is 9.69 Å². The van der Waals surface area contributed by atoms with Gasteiger partial charge in [0, 0.05) is 44.8 Å². The standard InChI is InChI=1S/C27H35N3O4/c1-33-24-11-7-22(8-12-24)20-29-15-17-30(18-16-29)27(32)34-25-13-9-23(10-14-25)28-26(31)19-21-5-3-2-4-6-21/h7-14,21H,2-6,15-20H2,1H3,(H,28,31). The zero-order chi connectivity index (χ0) is 23.8. The Labute approximate surface area is 202 Å². The Morgan fingerprint density at radius 2 is 1.53 bits per heavy atom. The van der Waals surface area contributed by atoms with Gasteiger partial charge in [-0.05, 0) is 60.7 Å². The number of hydrogen-bond acceptors (Lipinski definition) is 5. The molecule has 4 rings (SSSR count). The molecule has 34 heavy (non-hydrogen) atoms. The fourth-order valence-electron chi connectivity index (χ4n) is 4.71. The number of rotatable bonds is 7. The van der Waals surface area contributed by atoms with Crippen LogP contribution in [-0.4, -0.2) is 55.1 Å². The topological polar surface area (TPSA) is 71.1 Å². The second-order valence-electron chi connectivity index (χ2n) is 9.26. The van der Waals surface area contributed by atoms with Crippen molar-refractivity contribution in [3.8, 4) is 11.5 Å². The maximum atomic E-state index is 12.6. The van der Waals surface area contributed by atoms with E-state index < -0.39 is 0 Å². The lowest BCUT2D eigenvalue weighted by Gasteiger charge is -2.34. The Morgan fingerprint density at radius 3 is 2.18 bits per heavy atom. The Kier molecular flexibility index (Phi) is 8.41. The summed E-state index contributed by atoms with van der Waals surface area (Å²) in [7, 11) is 1.67. The third-order valence-electron chi connectivity index (χ3n) is 6.74. The van der Waals surface area contributed by atoms with Crippen LogP contribution in [0.3, 0.4) is 0 Å². The van der Waals surface area contributed by atoms with Crippen LogP contribution in [0.5, 0.6) is 11.5 Å². The average Bonchev–Trinajstić information content (AvgIpc) is 2.87. The Hall–Kier alpha value is -3.06. The van der Waals surface area contributed by atoms with E-state index in [1.807, 2.05) is 12.1 Å². The molecule has 1 saturated carbocycles. The molecule has 182 valence electrons. The molecular weight excluding hydrogens is 430 g/mol. The molecule has 7 heteroatoms. The van der Waals surface area contributed by atoms with Gasteiger partial charge in [0.05, 0.1) is 7.11 Å². The van der Waals surface area contributed by atoms with Crippen molar-refractivity contribution in [2.24, 2.45) is 5.92 Å². The fourth-order valence-corrected chi connectivity index (χ4v) is 4.71. The lowest BCUT2D eigenvalue weighted by Crippen LogP contribution is -2.49. The number of benzene rings is 2. The van der Waals surface area contributed by atoms with Gasteiger partial charge >= 0.3 is 6.09 Å². The van der Waals surface area contributed by atoms with Gasteiger partial charge in [-0.25, -0.2) is 4.79 Å². The number of methoxy groups -OCH3 is 1.